The van der Waals surface area contributed by atoms with Crippen molar-refractivity contribution in [1.29, 1.82) is 0 Å². The standard InChI is InChI=1S/C12H12FN3O2S/c1-16(18-2)11(17)10-7-19-12(15-10)14-9-5-3-8(13)4-6-9/h3-7H,1-2H3,(H,14,15). The van der Waals surface area contributed by atoms with Crippen molar-refractivity contribution in [2.24, 2.45) is 0 Å². The lowest BCUT2D eigenvalue weighted by atomic mass is 10.3. The van der Waals surface area contributed by atoms with Crippen molar-refractivity contribution in [2.45, 2.75) is 0 Å². The maximum Gasteiger partial charge on any atom is 0.296 e. The van der Waals surface area contributed by atoms with Crippen LogP contribution in [0.2, 0.25) is 0 Å². The molecule has 0 radical (unpaired) electrons. The third kappa shape index (κ3) is 3.27. The predicted octanol–water partition coefficient (Wildman–Crippen LogP) is 2.66. The molecule has 0 spiro atoms. The second kappa shape index (κ2) is 5.77. The Morgan fingerprint density at radius 2 is 2.11 bits per heavy atom. The van der Waals surface area contributed by atoms with E-state index >= 15 is 0 Å². The normalized spacial score (nSPS) is 10.3. The number of halogens is 1. The summed E-state index contributed by atoms with van der Waals surface area (Å²) in [5.74, 6) is -0.631. The first-order valence-electron chi connectivity index (χ1n) is 5.40. The smallest absolute Gasteiger partial charge is 0.296 e. The maximum atomic E-state index is 12.8. The Kier molecular flexibility index (Phi) is 4.08. The summed E-state index contributed by atoms with van der Waals surface area (Å²) in [7, 11) is 2.91. The number of hydrogen-bond donors (Lipinski definition) is 1. The van der Waals surface area contributed by atoms with E-state index in [9.17, 15) is 9.18 Å². The highest BCUT2D eigenvalue weighted by Gasteiger charge is 2.15. The molecule has 2 rings (SSSR count). The van der Waals surface area contributed by atoms with Gasteiger partial charge in [0.25, 0.3) is 5.91 Å². The molecule has 1 amide bonds. The molecule has 0 saturated heterocycles. The largest absolute Gasteiger partial charge is 0.332 e. The van der Waals surface area contributed by atoms with Crippen LogP contribution in [0.15, 0.2) is 29.6 Å². The van der Waals surface area contributed by atoms with Crippen molar-refractivity contribution >= 4 is 28.1 Å². The minimum absolute atomic E-state index is 0.291. The molecule has 7 heteroatoms. The van der Waals surface area contributed by atoms with Crippen LogP contribution in [-0.4, -0.2) is 30.1 Å². The first-order chi connectivity index (χ1) is 9.10. The fraction of sp³-hybridized carbons (Fsp3) is 0.167. The van der Waals surface area contributed by atoms with Crippen LogP contribution in [0, 0.1) is 5.82 Å². The van der Waals surface area contributed by atoms with Crippen LogP contribution in [0.25, 0.3) is 0 Å². The monoisotopic (exact) mass is 281 g/mol. The van der Waals surface area contributed by atoms with E-state index < -0.39 is 0 Å². The molecule has 0 atom stereocenters. The molecule has 0 bridgehead atoms. The second-order valence-corrected chi connectivity index (χ2v) is 4.51. The lowest BCUT2D eigenvalue weighted by Gasteiger charge is -2.11. The highest BCUT2D eigenvalue weighted by atomic mass is 32.1. The SMILES string of the molecule is CON(C)C(=O)c1csc(Nc2ccc(F)cc2)n1. The molecular formula is C12H12FN3O2S. The maximum absolute atomic E-state index is 12.8. The van der Waals surface area contributed by atoms with Crippen molar-refractivity contribution in [3.05, 3.63) is 41.2 Å². The van der Waals surface area contributed by atoms with E-state index in [0.29, 0.717) is 16.5 Å². The minimum atomic E-state index is -0.328. The van der Waals surface area contributed by atoms with E-state index in [0.717, 1.165) is 5.06 Å². The van der Waals surface area contributed by atoms with E-state index in [2.05, 4.69) is 10.3 Å². The fourth-order valence-corrected chi connectivity index (χ4v) is 2.03. The molecule has 19 heavy (non-hydrogen) atoms. The molecule has 1 N–H and O–H groups in total. The van der Waals surface area contributed by atoms with Gasteiger partial charge in [0.1, 0.15) is 11.5 Å². The molecule has 5 nitrogen and oxygen atoms in total. The van der Waals surface area contributed by atoms with Gasteiger partial charge < -0.3 is 5.32 Å². The molecular weight excluding hydrogens is 269 g/mol. The number of nitrogens with zero attached hydrogens (tertiary/aromatic N) is 2. The van der Waals surface area contributed by atoms with E-state index in [-0.39, 0.29) is 11.7 Å². The summed E-state index contributed by atoms with van der Waals surface area (Å²) in [6, 6.07) is 5.89. The first kappa shape index (κ1) is 13.4. The fourth-order valence-electron chi connectivity index (χ4n) is 1.33. The minimum Gasteiger partial charge on any atom is -0.332 e. The predicted molar refractivity (Wildman–Crippen MR) is 70.9 cm³/mol. The van der Waals surface area contributed by atoms with Crippen LogP contribution < -0.4 is 5.32 Å². The van der Waals surface area contributed by atoms with Gasteiger partial charge in [0.05, 0.1) is 7.11 Å². The zero-order valence-corrected chi connectivity index (χ0v) is 11.2. The van der Waals surface area contributed by atoms with Gasteiger partial charge in [0.2, 0.25) is 0 Å². The third-order valence-electron chi connectivity index (χ3n) is 2.38. The van der Waals surface area contributed by atoms with Crippen LogP contribution >= 0.6 is 11.3 Å². The summed E-state index contributed by atoms with van der Waals surface area (Å²) in [4.78, 5) is 20.7. The second-order valence-electron chi connectivity index (χ2n) is 3.65. The molecule has 0 aliphatic carbocycles. The van der Waals surface area contributed by atoms with E-state index in [1.165, 1.54) is 37.6 Å². The number of amides is 1. The molecule has 0 fully saturated rings. The summed E-state index contributed by atoms with van der Waals surface area (Å²) < 4.78 is 12.8. The van der Waals surface area contributed by atoms with Crippen LogP contribution in [0.4, 0.5) is 15.2 Å². The van der Waals surface area contributed by atoms with E-state index in [4.69, 9.17) is 4.84 Å². The van der Waals surface area contributed by atoms with Crippen LogP contribution in [-0.2, 0) is 4.84 Å². The summed E-state index contributed by atoms with van der Waals surface area (Å²) >= 11 is 1.29. The zero-order chi connectivity index (χ0) is 13.8. The summed E-state index contributed by atoms with van der Waals surface area (Å²) in [6.07, 6.45) is 0. The van der Waals surface area contributed by atoms with Crippen LogP contribution in [0.3, 0.4) is 0 Å². The van der Waals surface area contributed by atoms with Crippen LogP contribution in [0.5, 0.6) is 0 Å². The Morgan fingerprint density at radius 1 is 1.42 bits per heavy atom. The van der Waals surface area contributed by atoms with Crippen molar-refractivity contribution in [3.63, 3.8) is 0 Å². The number of aromatic nitrogens is 1. The Bertz CT molecular complexity index is 571. The summed E-state index contributed by atoms with van der Waals surface area (Å²) in [5, 5.41) is 6.27. The van der Waals surface area contributed by atoms with Crippen LogP contribution in [0.1, 0.15) is 10.5 Å². The molecule has 0 aliphatic heterocycles. The molecule has 0 aliphatic rings. The van der Waals surface area contributed by atoms with Gasteiger partial charge >= 0.3 is 0 Å². The molecule has 2 aromatic rings. The molecule has 1 aromatic heterocycles. The lowest BCUT2D eigenvalue weighted by Crippen LogP contribution is -2.25. The topological polar surface area (TPSA) is 54.5 Å². The number of nitrogens with one attached hydrogen (secondary N) is 1. The van der Waals surface area contributed by atoms with Crippen molar-refractivity contribution in [3.8, 4) is 0 Å². The van der Waals surface area contributed by atoms with Gasteiger partial charge in [-0.15, -0.1) is 11.3 Å². The highest BCUT2D eigenvalue weighted by molar-refractivity contribution is 7.14. The first-order valence-corrected chi connectivity index (χ1v) is 6.28. The number of anilines is 2. The summed E-state index contributed by atoms with van der Waals surface area (Å²) in [6.45, 7) is 0. The van der Waals surface area contributed by atoms with Gasteiger partial charge in [-0.2, -0.15) is 0 Å². The Labute approximate surface area is 113 Å². The summed E-state index contributed by atoms with van der Waals surface area (Å²) in [5.41, 5.74) is 0.994. The van der Waals surface area contributed by atoms with Gasteiger partial charge in [-0.3, -0.25) is 9.63 Å². The number of benzene rings is 1. The highest BCUT2D eigenvalue weighted by Crippen LogP contribution is 2.21. The van der Waals surface area contributed by atoms with Crippen molar-refractivity contribution < 1.29 is 14.0 Å². The number of carbonyl (C=O) groups is 1. The number of thiazole rings is 1. The third-order valence-corrected chi connectivity index (χ3v) is 3.14. The Hall–Kier alpha value is -1.99. The van der Waals surface area contributed by atoms with Gasteiger partial charge in [-0.1, -0.05) is 0 Å². The van der Waals surface area contributed by atoms with Gasteiger partial charge in [0.15, 0.2) is 5.13 Å². The molecule has 1 aromatic carbocycles. The van der Waals surface area contributed by atoms with Crippen molar-refractivity contribution in [2.75, 3.05) is 19.5 Å². The number of hydrogen-bond acceptors (Lipinski definition) is 5. The molecule has 0 unspecified atom stereocenters. The average molecular weight is 281 g/mol. The lowest BCUT2D eigenvalue weighted by molar-refractivity contribution is -0.0759. The number of carbonyl (C=O) groups excluding carboxylic acids is 1. The van der Waals surface area contributed by atoms with E-state index in [1.807, 2.05) is 0 Å². The molecule has 0 saturated carbocycles. The van der Waals surface area contributed by atoms with Crippen molar-refractivity contribution in [1.82, 2.24) is 10.0 Å². The average Bonchev–Trinajstić information content (AvgIpc) is 2.88. The Morgan fingerprint density at radius 3 is 2.74 bits per heavy atom. The molecule has 100 valence electrons. The van der Waals surface area contributed by atoms with Gasteiger partial charge in [0, 0.05) is 18.1 Å². The number of rotatable bonds is 4. The molecule has 1 heterocycles. The Balaban J connectivity index is 2.09. The quantitative estimate of drug-likeness (QED) is 0.875. The van der Waals surface area contributed by atoms with E-state index in [1.54, 1.807) is 17.5 Å². The number of hydroxylamine groups is 2. The van der Waals surface area contributed by atoms with Gasteiger partial charge in [-0.05, 0) is 24.3 Å². The van der Waals surface area contributed by atoms with Gasteiger partial charge in [-0.25, -0.2) is 14.4 Å². The zero-order valence-electron chi connectivity index (χ0n) is 10.4.